The summed E-state index contributed by atoms with van der Waals surface area (Å²) in [7, 11) is 1.61. The van der Waals surface area contributed by atoms with Gasteiger partial charge in [-0.25, -0.2) is 0 Å². The zero-order valence-corrected chi connectivity index (χ0v) is 26.5. The fourth-order valence-corrected chi connectivity index (χ4v) is 5.25. The molecule has 43 heavy (non-hydrogen) atoms. The molecule has 0 unspecified atom stereocenters. The number of aliphatic hydroxyl groups is 1. The number of hydrogen-bond donors (Lipinski definition) is 4. The van der Waals surface area contributed by atoms with Gasteiger partial charge in [0.25, 0.3) is 11.8 Å². The average Bonchev–Trinajstić information content (AvgIpc) is 3.00. The first-order valence-electron chi connectivity index (χ1n) is 14.5. The van der Waals surface area contributed by atoms with Crippen LogP contribution in [-0.4, -0.2) is 66.6 Å². The highest BCUT2D eigenvalue weighted by molar-refractivity contribution is 9.10. The molecule has 230 valence electrons. The molecule has 3 rings (SSSR count). The van der Waals surface area contributed by atoms with E-state index in [1.807, 2.05) is 62.4 Å². The summed E-state index contributed by atoms with van der Waals surface area (Å²) in [6.45, 7) is 5.76. The molecule has 0 aromatic heterocycles. The molecule has 0 aliphatic heterocycles. The number of carbonyl (C=O) groups is 3. The highest BCUT2D eigenvalue weighted by atomic mass is 79.9. The van der Waals surface area contributed by atoms with E-state index < -0.39 is 24.0 Å². The first-order valence-corrected chi connectivity index (χ1v) is 15.3. The van der Waals surface area contributed by atoms with E-state index in [9.17, 15) is 19.5 Å². The van der Waals surface area contributed by atoms with Crippen LogP contribution in [0.2, 0.25) is 0 Å². The van der Waals surface area contributed by atoms with Gasteiger partial charge in [0.15, 0.2) is 0 Å². The van der Waals surface area contributed by atoms with Gasteiger partial charge in [0, 0.05) is 47.3 Å². The molecule has 0 aliphatic rings. The van der Waals surface area contributed by atoms with Crippen molar-refractivity contribution in [2.24, 2.45) is 5.73 Å². The van der Waals surface area contributed by atoms with Crippen molar-refractivity contribution in [1.82, 2.24) is 15.5 Å². The van der Waals surface area contributed by atoms with E-state index in [0.29, 0.717) is 26.1 Å². The fraction of sp³-hybridized carbons (Fsp3) is 0.364. The van der Waals surface area contributed by atoms with Crippen LogP contribution in [0.4, 0.5) is 0 Å². The van der Waals surface area contributed by atoms with Crippen LogP contribution in [0.25, 0.3) is 0 Å². The third kappa shape index (κ3) is 10.2. The number of methoxy groups -OCH3 is 1. The molecule has 0 aliphatic carbocycles. The summed E-state index contributed by atoms with van der Waals surface area (Å²) in [5, 5.41) is 17.4. The number of halogens is 1. The van der Waals surface area contributed by atoms with Crippen molar-refractivity contribution in [3.63, 3.8) is 0 Å². The van der Waals surface area contributed by atoms with Crippen LogP contribution in [0.1, 0.15) is 68.9 Å². The van der Waals surface area contributed by atoms with E-state index in [1.165, 1.54) is 18.2 Å². The zero-order chi connectivity index (χ0) is 31.4. The van der Waals surface area contributed by atoms with Crippen LogP contribution in [-0.2, 0) is 13.0 Å². The Morgan fingerprint density at radius 3 is 2.23 bits per heavy atom. The van der Waals surface area contributed by atoms with Crippen molar-refractivity contribution in [3.05, 3.63) is 99.0 Å². The minimum absolute atomic E-state index is 0.0630. The Labute approximate surface area is 261 Å². The number of carbonyl (C=O) groups excluding carboxylic acids is 3. The molecule has 10 heteroatoms. The van der Waals surface area contributed by atoms with Crippen LogP contribution in [0.5, 0.6) is 5.75 Å². The van der Waals surface area contributed by atoms with Crippen molar-refractivity contribution < 1.29 is 24.2 Å². The van der Waals surface area contributed by atoms with E-state index in [2.05, 4.69) is 26.6 Å². The molecule has 0 fully saturated rings. The van der Waals surface area contributed by atoms with E-state index in [4.69, 9.17) is 10.5 Å². The molecule has 0 bridgehead atoms. The van der Waals surface area contributed by atoms with Gasteiger partial charge in [-0.05, 0) is 72.9 Å². The molecule has 0 saturated heterocycles. The highest BCUT2D eigenvalue weighted by Crippen LogP contribution is 2.18. The quantitative estimate of drug-likeness (QED) is 0.182. The van der Waals surface area contributed by atoms with Gasteiger partial charge in [0.1, 0.15) is 5.75 Å². The van der Waals surface area contributed by atoms with Gasteiger partial charge in [0.2, 0.25) is 5.91 Å². The lowest BCUT2D eigenvalue weighted by Crippen LogP contribution is -2.48. The second kappa shape index (κ2) is 16.8. The van der Waals surface area contributed by atoms with E-state index in [0.717, 1.165) is 34.2 Å². The number of hydrogen-bond acceptors (Lipinski definition) is 6. The third-order valence-corrected chi connectivity index (χ3v) is 7.44. The minimum Gasteiger partial charge on any atom is -0.497 e. The second-order valence-corrected chi connectivity index (χ2v) is 11.3. The lowest BCUT2D eigenvalue weighted by molar-refractivity contribution is 0.0755. The molecule has 9 nitrogen and oxygen atoms in total. The molecule has 3 aromatic carbocycles. The monoisotopic (exact) mass is 652 g/mol. The summed E-state index contributed by atoms with van der Waals surface area (Å²) in [4.78, 5) is 40.8. The van der Waals surface area contributed by atoms with Gasteiger partial charge in [-0.1, -0.05) is 54.0 Å². The standard InChI is InChI=1S/C33H41BrN4O5/c1-4-12-38(13-5-2)33(42)26-18-24(31(35)40)17-25(19-26)32(41)37-29(16-22-8-6-10-27(34)14-22)30(39)21-36-20-23-9-7-11-28(15-23)43-3/h6-11,14-15,17-19,29-30,36,39H,4-5,12-13,16,20-21H2,1-3H3,(H2,35,40)(H,37,41)/t29-,30+/m0/s1. The predicted octanol–water partition coefficient (Wildman–Crippen LogP) is 4.31. The molecule has 3 amide bonds. The first kappa shape index (κ1) is 33.8. The van der Waals surface area contributed by atoms with Crippen molar-refractivity contribution in [1.29, 1.82) is 0 Å². The van der Waals surface area contributed by atoms with Crippen molar-refractivity contribution in [2.75, 3.05) is 26.7 Å². The highest BCUT2D eigenvalue weighted by Gasteiger charge is 2.25. The van der Waals surface area contributed by atoms with Crippen LogP contribution in [0.3, 0.4) is 0 Å². The number of nitrogens with two attached hydrogens (primary N) is 1. The molecule has 5 N–H and O–H groups in total. The molecule has 0 radical (unpaired) electrons. The molecular weight excluding hydrogens is 612 g/mol. The van der Waals surface area contributed by atoms with Crippen molar-refractivity contribution in [3.8, 4) is 5.75 Å². The Kier molecular flexibility index (Phi) is 13.2. The van der Waals surface area contributed by atoms with Crippen LogP contribution in [0.15, 0.2) is 71.2 Å². The SMILES string of the molecule is CCCN(CCC)C(=O)c1cc(C(N)=O)cc(C(=O)N[C@@H](Cc2cccc(Br)c2)[C@H](O)CNCc2cccc(OC)c2)c1. The average molecular weight is 654 g/mol. The summed E-state index contributed by atoms with van der Waals surface area (Å²) in [5.74, 6) is -0.799. The number of nitrogens with one attached hydrogen (secondary N) is 2. The number of primary amides is 1. The Morgan fingerprint density at radius 1 is 0.930 bits per heavy atom. The maximum Gasteiger partial charge on any atom is 0.253 e. The van der Waals surface area contributed by atoms with E-state index in [1.54, 1.807) is 12.0 Å². The lowest BCUT2D eigenvalue weighted by atomic mass is 9.99. The second-order valence-electron chi connectivity index (χ2n) is 10.4. The Balaban J connectivity index is 1.84. The van der Waals surface area contributed by atoms with Gasteiger partial charge < -0.3 is 31.1 Å². The molecule has 3 aromatic rings. The Hall–Kier alpha value is -3.73. The van der Waals surface area contributed by atoms with Gasteiger partial charge in [-0.3, -0.25) is 14.4 Å². The van der Waals surface area contributed by atoms with Crippen molar-refractivity contribution in [2.45, 2.75) is 51.8 Å². The van der Waals surface area contributed by atoms with Crippen LogP contribution < -0.4 is 21.1 Å². The smallest absolute Gasteiger partial charge is 0.253 e. The number of ether oxygens (including phenoxy) is 1. The molecule has 0 heterocycles. The number of amides is 3. The summed E-state index contributed by atoms with van der Waals surface area (Å²) in [6, 6.07) is 18.8. The zero-order valence-electron chi connectivity index (χ0n) is 24.9. The number of benzene rings is 3. The maximum absolute atomic E-state index is 13.6. The van der Waals surface area contributed by atoms with Gasteiger partial charge >= 0.3 is 0 Å². The minimum atomic E-state index is -0.960. The van der Waals surface area contributed by atoms with E-state index in [-0.39, 0.29) is 29.1 Å². The Morgan fingerprint density at radius 2 is 1.58 bits per heavy atom. The Bertz CT molecular complexity index is 1390. The van der Waals surface area contributed by atoms with E-state index >= 15 is 0 Å². The van der Waals surface area contributed by atoms with Crippen LogP contribution in [0, 0.1) is 0 Å². The third-order valence-electron chi connectivity index (χ3n) is 6.94. The van der Waals surface area contributed by atoms with Gasteiger partial charge in [0.05, 0.1) is 19.3 Å². The largest absolute Gasteiger partial charge is 0.497 e. The number of rotatable bonds is 16. The molecule has 2 atom stereocenters. The fourth-order valence-electron chi connectivity index (χ4n) is 4.80. The summed E-state index contributed by atoms with van der Waals surface area (Å²) < 4.78 is 6.16. The summed E-state index contributed by atoms with van der Waals surface area (Å²) in [6.07, 6.45) is 0.930. The first-order chi connectivity index (χ1) is 20.6. The van der Waals surface area contributed by atoms with Gasteiger partial charge in [-0.2, -0.15) is 0 Å². The van der Waals surface area contributed by atoms with Crippen LogP contribution >= 0.6 is 15.9 Å². The number of aliphatic hydroxyl groups excluding tert-OH is 1. The predicted molar refractivity (Wildman–Crippen MR) is 171 cm³/mol. The lowest BCUT2D eigenvalue weighted by Gasteiger charge is -2.25. The molecule has 0 saturated carbocycles. The van der Waals surface area contributed by atoms with Gasteiger partial charge in [-0.15, -0.1) is 0 Å². The summed E-state index contributed by atoms with van der Waals surface area (Å²) in [5.41, 5.74) is 7.86. The molecule has 0 spiro atoms. The number of nitrogens with zero attached hydrogens (tertiary/aromatic N) is 1. The normalized spacial score (nSPS) is 12.3. The van der Waals surface area contributed by atoms with Crippen molar-refractivity contribution >= 4 is 33.7 Å². The molecular formula is C33H41BrN4O5. The maximum atomic E-state index is 13.6. The topological polar surface area (TPSA) is 134 Å². The summed E-state index contributed by atoms with van der Waals surface area (Å²) >= 11 is 3.48.